The van der Waals surface area contributed by atoms with Gasteiger partial charge in [-0.15, -0.1) is 0 Å². The number of nitrogen functional groups attached to an aromatic ring is 1. The summed E-state index contributed by atoms with van der Waals surface area (Å²) < 4.78 is 5.56. The number of likely N-dealkylation sites (tertiary alicyclic amines) is 1. The molecule has 1 heterocycles. The highest BCUT2D eigenvalue weighted by Gasteiger charge is 2.51. The number of imide groups is 1. The summed E-state index contributed by atoms with van der Waals surface area (Å²) >= 11 is 0. The van der Waals surface area contributed by atoms with Gasteiger partial charge in [0, 0.05) is 5.69 Å². The van der Waals surface area contributed by atoms with Gasteiger partial charge in [0.1, 0.15) is 12.4 Å². The number of hydrogen-bond acceptors (Lipinski definition) is 4. The Bertz CT molecular complexity index is 531. The minimum Gasteiger partial charge on any atom is -0.492 e. The second-order valence-corrected chi connectivity index (χ2v) is 6.04. The quantitative estimate of drug-likeness (QED) is 0.676. The summed E-state index contributed by atoms with van der Waals surface area (Å²) in [5.41, 5.74) is 6.28. The molecule has 3 rings (SSSR count). The molecule has 1 aliphatic heterocycles. The zero-order chi connectivity index (χ0) is 15.0. The SMILES string of the molecule is CC1CC2C(=O)N(CCOc3ccc(N)cc3)C(=O)C2C1. The summed E-state index contributed by atoms with van der Waals surface area (Å²) in [5.74, 6) is 0.941. The molecule has 0 radical (unpaired) electrons. The van der Waals surface area contributed by atoms with Gasteiger partial charge < -0.3 is 10.5 Å². The highest BCUT2D eigenvalue weighted by Crippen LogP contribution is 2.42. The van der Waals surface area contributed by atoms with E-state index in [2.05, 4.69) is 6.92 Å². The van der Waals surface area contributed by atoms with Crippen molar-refractivity contribution in [1.82, 2.24) is 4.90 Å². The second kappa shape index (κ2) is 5.39. The van der Waals surface area contributed by atoms with Gasteiger partial charge in [-0.1, -0.05) is 6.92 Å². The summed E-state index contributed by atoms with van der Waals surface area (Å²) in [6.07, 6.45) is 1.68. The molecule has 1 saturated carbocycles. The van der Waals surface area contributed by atoms with Crippen molar-refractivity contribution in [3.63, 3.8) is 0 Å². The van der Waals surface area contributed by atoms with Crippen molar-refractivity contribution in [3.05, 3.63) is 24.3 Å². The van der Waals surface area contributed by atoms with E-state index >= 15 is 0 Å². The first-order valence-electron chi connectivity index (χ1n) is 7.40. The van der Waals surface area contributed by atoms with Crippen LogP contribution in [0.2, 0.25) is 0 Å². The van der Waals surface area contributed by atoms with E-state index in [1.165, 1.54) is 4.90 Å². The fourth-order valence-electron chi connectivity index (χ4n) is 3.39. The maximum atomic E-state index is 12.3. The summed E-state index contributed by atoms with van der Waals surface area (Å²) in [6.45, 7) is 2.74. The van der Waals surface area contributed by atoms with Crippen LogP contribution < -0.4 is 10.5 Å². The molecular formula is C16H20N2O3. The molecule has 112 valence electrons. The molecule has 0 bridgehead atoms. The topological polar surface area (TPSA) is 72.6 Å². The first-order valence-corrected chi connectivity index (χ1v) is 7.40. The van der Waals surface area contributed by atoms with Crippen LogP contribution >= 0.6 is 0 Å². The number of nitrogens with two attached hydrogens (primary N) is 1. The third kappa shape index (κ3) is 2.60. The van der Waals surface area contributed by atoms with Gasteiger partial charge in [-0.2, -0.15) is 0 Å². The molecule has 0 spiro atoms. The van der Waals surface area contributed by atoms with E-state index in [0.717, 1.165) is 12.8 Å². The number of benzene rings is 1. The number of hydrogen-bond donors (Lipinski definition) is 1. The molecule has 2 N–H and O–H groups in total. The Labute approximate surface area is 124 Å². The van der Waals surface area contributed by atoms with Crippen LogP contribution in [0.4, 0.5) is 5.69 Å². The normalized spacial score (nSPS) is 28.0. The molecule has 1 saturated heterocycles. The van der Waals surface area contributed by atoms with Crippen LogP contribution in [0.3, 0.4) is 0 Å². The number of anilines is 1. The molecule has 5 nitrogen and oxygen atoms in total. The Hall–Kier alpha value is -2.04. The molecule has 1 aliphatic carbocycles. The Morgan fingerprint density at radius 3 is 2.29 bits per heavy atom. The van der Waals surface area contributed by atoms with Crippen molar-refractivity contribution in [2.75, 3.05) is 18.9 Å². The van der Waals surface area contributed by atoms with Crippen LogP contribution in [0.15, 0.2) is 24.3 Å². The van der Waals surface area contributed by atoms with Crippen LogP contribution in [0.25, 0.3) is 0 Å². The Balaban J connectivity index is 1.55. The van der Waals surface area contributed by atoms with E-state index in [1.807, 2.05) is 0 Å². The number of carbonyl (C=O) groups excluding carboxylic acids is 2. The van der Waals surface area contributed by atoms with Crippen molar-refractivity contribution in [1.29, 1.82) is 0 Å². The average molecular weight is 288 g/mol. The number of carbonyl (C=O) groups is 2. The van der Waals surface area contributed by atoms with E-state index in [1.54, 1.807) is 24.3 Å². The monoisotopic (exact) mass is 288 g/mol. The fraction of sp³-hybridized carbons (Fsp3) is 0.500. The van der Waals surface area contributed by atoms with Crippen LogP contribution in [0, 0.1) is 17.8 Å². The second-order valence-electron chi connectivity index (χ2n) is 6.04. The number of nitrogens with zero attached hydrogens (tertiary/aromatic N) is 1. The maximum absolute atomic E-state index is 12.3. The molecule has 1 aromatic carbocycles. The van der Waals surface area contributed by atoms with Gasteiger partial charge in [-0.05, 0) is 43.0 Å². The molecule has 1 aromatic rings. The van der Waals surface area contributed by atoms with Crippen molar-refractivity contribution in [2.45, 2.75) is 19.8 Å². The van der Waals surface area contributed by atoms with Crippen LogP contribution in [-0.4, -0.2) is 29.9 Å². The molecule has 2 aliphatic rings. The predicted octanol–water partition coefficient (Wildman–Crippen LogP) is 1.68. The molecule has 2 amide bonds. The van der Waals surface area contributed by atoms with Crippen molar-refractivity contribution < 1.29 is 14.3 Å². The van der Waals surface area contributed by atoms with Crippen molar-refractivity contribution in [2.24, 2.45) is 17.8 Å². The molecular weight excluding hydrogens is 268 g/mol. The lowest BCUT2D eigenvalue weighted by Gasteiger charge is -2.17. The van der Waals surface area contributed by atoms with E-state index in [-0.39, 0.29) is 23.7 Å². The Morgan fingerprint density at radius 1 is 1.14 bits per heavy atom. The van der Waals surface area contributed by atoms with Gasteiger partial charge in [-0.25, -0.2) is 0 Å². The lowest BCUT2D eigenvalue weighted by molar-refractivity contribution is -0.140. The number of fused-ring (bicyclic) bond motifs is 1. The van der Waals surface area contributed by atoms with Crippen LogP contribution in [0.5, 0.6) is 5.75 Å². The lowest BCUT2D eigenvalue weighted by Crippen LogP contribution is -2.35. The molecule has 2 atom stereocenters. The highest BCUT2D eigenvalue weighted by molar-refractivity contribution is 6.05. The first kappa shape index (κ1) is 13.9. The van der Waals surface area contributed by atoms with Gasteiger partial charge in [0.15, 0.2) is 0 Å². The number of rotatable bonds is 4. The average Bonchev–Trinajstić information content (AvgIpc) is 2.94. The summed E-state index contributed by atoms with van der Waals surface area (Å²) in [4.78, 5) is 25.9. The van der Waals surface area contributed by atoms with Gasteiger partial charge >= 0.3 is 0 Å². The minimum absolute atomic E-state index is 0.0183. The van der Waals surface area contributed by atoms with Gasteiger partial charge in [0.25, 0.3) is 0 Å². The lowest BCUT2D eigenvalue weighted by atomic mass is 10.00. The van der Waals surface area contributed by atoms with E-state index in [9.17, 15) is 9.59 Å². The minimum atomic E-state index is -0.0935. The number of ether oxygens (including phenoxy) is 1. The zero-order valence-electron chi connectivity index (χ0n) is 12.1. The first-order chi connectivity index (χ1) is 10.1. The van der Waals surface area contributed by atoms with Gasteiger partial charge in [0.2, 0.25) is 11.8 Å². The molecule has 21 heavy (non-hydrogen) atoms. The van der Waals surface area contributed by atoms with E-state index < -0.39 is 0 Å². The van der Waals surface area contributed by atoms with Gasteiger partial charge in [0.05, 0.1) is 18.4 Å². The van der Waals surface area contributed by atoms with E-state index in [0.29, 0.717) is 30.5 Å². The van der Waals surface area contributed by atoms with Crippen molar-refractivity contribution >= 4 is 17.5 Å². The molecule has 2 unspecified atom stereocenters. The van der Waals surface area contributed by atoms with Gasteiger partial charge in [-0.3, -0.25) is 14.5 Å². The summed E-state index contributed by atoms with van der Waals surface area (Å²) in [7, 11) is 0. The maximum Gasteiger partial charge on any atom is 0.233 e. The Kier molecular flexibility index (Phi) is 3.57. The summed E-state index contributed by atoms with van der Waals surface area (Å²) in [5, 5.41) is 0. The highest BCUT2D eigenvalue weighted by atomic mass is 16.5. The Morgan fingerprint density at radius 2 is 1.71 bits per heavy atom. The van der Waals surface area contributed by atoms with Crippen molar-refractivity contribution in [3.8, 4) is 5.75 Å². The standard InChI is InChI=1S/C16H20N2O3/c1-10-8-13-14(9-10)16(20)18(15(13)19)6-7-21-12-4-2-11(17)3-5-12/h2-5,10,13-14H,6-9,17H2,1H3. The molecule has 0 aromatic heterocycles. The van der Waals surface area contributed by atoms with Crippen LogP contribution in [-0.2, 0) is 9.59 Å². The third-order valence-corrected chi connectivity index (χ3v) is 4.43. The number of amides is 2. The molecule has 2 fully saturated rings. The van der Waals surface area contributed by atoms with Crippen LogP contribution in [0.1, 0.15) is 19.8 Å². The zero-order valence-corrected chi connectivity index (χ0v) is 12.1. The predicted molar refractivity (Wildman–Crippen MR) is 78.4 cm³/mol. The van der Waals surface area contributed by atoms with E-state index in [4.69, 9.17) is 10.5 Å². The largest absolute Gasteiger partial charge is 0.492 e. The smallest absolute Gasteiger partial charge is 0.233 e. The molecule has 5 heteroatoms. The summed E-state index contributed by atoms with van der Waals surface area (Å²) in [6, 6.07) is 7.07. The fourth-order valence-corrected chi connectivity index (χ4v) is 3.39. The third-order valence-electron chi connectivity index (χ3n) is 4.43.